The molecule has 10 heteroatoms. The summed E-state index contributed by atoms with van der Waals surface area (Å²) in [7, 11) is 1.59. The van der Waals surface area contributed by atoms with Crippen molar-refractivity contribution in [3.8, 4) is 5.75 Å². The summed E-state index contributed by atoms with van der Waals surface area (Å²) in [4.78, 5) is 27.0. The molecular formula is C21H17Cl3N2O3S2. The molecule has 0 atom stereocenters. The van der Waals surface area contributed by atoms with E-state index >= 15 is 0 Å². The molecule has 0 spiro atoms. The molecule has 2 aromatic rings. The molecule has 0 aromatic heterocycles. The SMILES string of the molecule is COc1cccc(/C=C2/SC(=S)N(CCCC(=O)Nc3cc(Cl)c(Cl)cc3Cl)C2=O)c1. The zero-order valence-corrected chi connectivity index (χ0v) is 20.2. The van der Waals surface area contributed by atoms with Gasteiger partial charge in [0.25, 0.3) is 5.91 Å². The summed E-state index contributed by atoms with van der Waals surface area (Å²) in [5.41, 5.74) is 1.23. The van der Waals surface area contributed by atoms with Gasteiger partial charge in [-0.15, -0.1) is 0 Å². The summed E-state index contributed by atoms with van der Waals surface area (Å²) in [6.07, 6.45) is 2.40. The van der Waals surface area contributed by atoms with Gasteiger partial charge in [-0.3, -0.25) is 14.5 Å². The van der Waals surface area contributed by atoms with Gasteiger partial charge in [-0.25, -0.2) is 0 Å². The third kappa shape index (κ3) is 6.14. The van der Waals surface area contributed by atoms with Gasteiger partial charge in [0.05, 0.1) is 32.8 Å². The molecule has 1 saturated heterocycles. The van der Waals surface area contributed by atoms with E-state index in [4.69, 9.17) is 51.8 Å². The molecule has 1 aliphatic rings. The van der Waals surface area contributed by atoms with Crippen LogP contribution >= 0.6 is 58.8 Å². The topological polar surface area (TPSA) is 58.6 Å². The molecule has 31 heavy (non-hydrogen) atoms. The van der Waals surface area contributed by atoms with Crippen LogP contribution in [0.2, 0.25) is 15.1 Å². The number of thioether (sulfide) groups is 1. The van der Waals surface area contributed by atoms with E-state index in [2.05, 4.69) is 5.32 Å². The molecule has 1 heterocycles. The van der Waals surface area contributed by atoms with Crippen molar-refractivity contribution in [2.75, 3.05) is 19.0 Å². The summed E-state index contributed by atoms with van der Waals surface area (Å²) in [6, 6.07) is 10.4. The van der Waals surface area contributed by atoms with Gasteiger partial charge in [-0.2, -0.15) is 0 Å². The quantitative estimate of drug-likeness (QED) is 0.267. The fraction of sp³-hybridized carbons (Fsp3) is 0.190. The smallest absolute Gasteiger partial charge is 0.266 e. The third-order valence-corrected chi connectivity index (χ3v) is 6.75. The maximum absolute atomic E-state index is 12.7. The average Bonchev–Trinajstić information content (AvgIpc) is 2.99. The lowest BCUT2D eigenvalue weighted by Crippen LogP contribution is -2.29. The van der Waals surface area contributed by atoms with E-state index in [1.54, 1.807) is 13.2 Å². The fourth-order valence-electron chi connectivity index (χ4n) is 2.80. The molecule has 2 aromatic carbocycles. The number of benzene rings is 2. The van der Waals surface area contributed by atoms with Crippen molar-refractivity contribution in [3.63, 3.8) is 0 Å². The van der Waals surface area contributed by atoms with Crippen LogP contribution in [-0.4, -0.2) is 34.7 Å². The molecule has 0 radical (unpaired) electrons. The Kier molecular flexibility index (Phi) is 8.24. The van der Waals surface area contributed by atoms with E-state index in [-0.39, 0.29) is 18.2 Å². The monoisotopic (exact) mass is 514 g/mol. The second kappa shape index (κ2) is 10.7. The maximum Gasteiger partial charge on any atom is 0.266 e. The first kappa shape index (κ1) is 23.9. The molecule has 0 saturated carbocycles. The number of carbonyl (C=O) groups is 2. The number of anilines is 1. The van der Waals surface area contributed by atoms with E-state index in [9.17, 15) is 9.59 Å². The Hall–Kier alpha value is -1.77. The highest BCUT2D eigenvalue weighted by Gasteiger charge is 2.31. The number of rotatable bonds is 7. The lowest BCUT2D eigenvalue weighted by molar-refractivity contribution is -0.122. The number of hydrogen-bond donors (Lipinski definition) is 1. The first-order chi connectivity index (χ1) is 14.8. The zero-order chi connectivity index (χ0) is 22.5. The predicted octanol–water partition coefficient (Wildman–Crippen LogP) is 6.28. The second-order valence-electron chi connectivity index (χ2n) is 6.51. The van der Waals surface area contributed by atoms with Crippen LogP contribution in [0.4, 0.5) is 5.69 Å². The summed E-state index contributed by atoms with van der Waals surface area (Å²) >= 11 is 24.5. The van der Waals surface area contributed by atoms with Crippen LogP contribution in [0.3, 0.4) is 0 Å². The van der Waals surface area contributed by atoms with Crippen LogP contribution < -0.4 is 10.1 Å². The zero-order valence-electron chi connectivity index (χ0n) is 16.3. The van der Waals surface area contributed by atoms with Crippen LogP contribution in [0.5, 0.6) is 5.75 Å². The number of ether oxygens (including phenoxy) is 1. The van der Waals surface area contributed by atoms with Gasteiger partial charge in [-0.05, 0) is 42.3 Å². The minimum absolute atomic E-state index is 0.175. The number of amides is 2. The standard InChI is InChI=1S/C21H17Cl3N2O3S2/c1-29-13-5-2-4-12(8-13)9-18-20(28)26(21(30)31-18)7-3-6-19(27)25-17-11-15(23)14(22)10-16(17)24/h2,4-5,8-11H,3,6-7H2,1H3,(H,25,27)/b18-9+. The van der Waals surface area contributed by atoms with E-state index < -0.39 is 0 Å². The van der Waals surface area contributed by atoms with Crippen LogP contribution in [0.1, 0.15) is 18.4 Å². The summed E-state index contributed by atoms with van der Waals surface area (Å²) < 4.78 is 5.67. The van der Waals surface area contributed by atoms with Crippen molar-refractivity contribution in [3.05, 3.63) is 61.9 Å². The van der Waals surface area contributed by atoms with Crippen LogP contribution in [0, 0.1) is 0 Å². The Morgan fingerprint density at radius 3 is 2.68 bits per heavy atom. The van der Waals surface area contributed by atoms with E-state index in [0.29, 0.717) is 48.7 Å². The Morgan fingerprint density at radius 1 is 1.19 bits per heavy atom. The fourth-order valence-corrected chi connectivity index (χ4v) is 4.71. The Labute approximate surface area is 204 Å². The molecule has 162 valence electrons. The number of nitrogens with one attached hydrogen (secondary N) is 1. The second-order valence-corrected chi connectivity index (χ2v) is 9.41. The minimum Gasteiger partial charge on any atom is -0.497 e. The largest absolute Gasteiger partial charge is 0.497 e. The van der Waals surface area contributed by atoms with Crippen molar-refractivity contribution >= 4 is 86.7 Å². The average molecular weight is 516 g/mol. The van der Waals surface area contributed by atoms with Crippen LogP contribution in [0.25, 0.3) is 6.08 Å². The molecule has 3 rings (SSSR count). The van der Waals surface area contributed by atoms with Gasteiger partial charge in [0.1, 0.15) is 10.1 Å². The molecule has 1 aliphatic heterocycles. The number of halogens is 3. The molecule has 0 bridgehead atoms. The Balaban J connectivity index is 1.56. The Morgan fingerprint density at radius 2 is 1.94 bits per heavy atom. The normalized spacial score (nSPS) is 15.0. The molecule has 2 amide bonds. The number of nitrogens with zero attached hydrogens (tertiary/aromatic N) is 1. The van der Waals surface area contributed by atoms with Gasteiger partial charge in [0, 0.05) is 13.0 Å². The molecule has 0 aliphatic carbocycles. The number of hydrogen-bond acceptors (Lipinski definition) is 5. The Bertz CT molecular complexity index is 1080. The maximum atomic E-state index is 12.7. The molecular weight excluding hydrogens is 499 g/mol. The van der Waals surface area contributed by atoms with Crippen LogP contribution in [-0.2, 0) is 9.59 Å². The highest BCUT2D eigenvalue weighted by atomic mass is 35.5. The molecule has 1 fully saturated rings. The summed E-state index contributed by atoms with van der Waals surface area (Å²) in [6.45, 7) is 0.336. The highest BCUT2D eigenvalue weighted by molar-refractivity contribution is 8.26. The van der Waals surface area contributed by atoms with Gasteiger partial charge in [-0.1, -0.05) is 70.9 Å². The molecule has 1 N–H and O–H groups in total. The number of carbonyl (C=O) groups excluding carboxylic acids is 2. The first-order valence-electron chi connectivity index (χ1n) is 9.12. The van der Waals surface area contributed by atoms with Crippen molar-refractivity contribution in [1.82, 2.24) is 4.90 Å². The third-order valence-electron chi connectivity index (χ3n) is 4.33. The van der Waals surface area contributed by atoms with Gasteiger partial charge in [0.2, 0.25) is 5.91 Å². The van der Waals surface area contributed by atoms with Gasteiger partial charge in [0.15, 0.2) is 0 Å². The van der Waals surface area contributed by atoms with Crippen molar-refractivity contribution in [2.24, 2.45) is 0 Å². The van der Waals surface area contributed by atoms with E-state index in [1.165, 1.54) is 28.8 Å². The van der Waals surface area contributed by atoms with Crippen molar-refractivity contribution in [2.45, 2.75) is 12.8 Å². The lowest BCUT2D eigenvalue weighted by atomic mass is 10.2. The summed E-state index contributed by atoms with van der Waals surface area (Å²) in [5, 5.41) is 3.59. The van der Waals surface area contributed by atoms with Gasteiger partial charge >= 0.3 is 0 Å². The van der Waals surface area contributed by atoms with Crippen LogP contribution in [0.15, 0.2) is 41.3 Å². The summed E-state index contributed by atoms with van der Waals surface area (Å²) in [5.74, 6) is 0.278. The number of thiocarbonyl (C=S) groups is 1. The van der Waals surface area contributed by atoms with Gasteiger partial charge < -0.3 is 10.1 Å². The first-order valence-corrected chi connectivity index (χ1v) is 11.5. The van der Waals surface area contributed by atoms with E-state index in [0.717, 1.165) is 5.56 Å². The highest BCUT2D eigenvalue weighted by Crippen LogP contribution is 2.34. The minimum atomic E-state index is -0.252. The van der Waals surface area contributed by atoms with E-state index in [1.807, 2.05) is 24.3 Å². The lowest BCUT2D eigenvalue weighted by Gasteiger charge is -2.14. The molecule has 0 unspecified atom stereocenters. The number of methoxy groups -OCH3 is 1. The van der Waals surface area contributed by atoms with Crippen molar-refractivity contribution < 1.29 is 14.3 Å². The van der Waals surface area contributed by atoms with Crippen molar-refractivity contribution in [1.29, 1.82) is 0 Å². The molecule has 5 nitrogen and oxygen atoms in total. The predicted molar refractivity (Wildman–Crippen MR) is 132 cm³/mol.